The highest BCUT2D eigenvalue weighted by Crippen LogP contribution is 2.20. The predicted molar refractivity (Wildman–Crippen MR) is 79.2 cm³/mol. The Bertz CT molecular complexity index is 418. The van der Waals surface area contributed by atoms with E-state index in [1.165, 1.54) is 11.1 Å². The van der Waals surface area contributed by atoms with Gasteiger partial charge in [0, 0.05) is 24.8 Å². The third-order valence-electron chi connectivity index (χ3n) is 2.63. The van der Waals surface area contributed by atoms with E-state index in [9.17, 15) is 5.11 Å². The first-order valence-electron chi connectivity index (χ1n) is 6.29. The van der Waals surface area contributed by atoms with Gasteiger partial charge in [-0.1, -0.05) is 29.4 Å². The number of phenolic OH excluding ortho intramolecular Hbond substituents is 1. The van der Waals surface area contributed by atoms with Gasteiger partial charge in [0.1, 0.15) is 5.75 Å². The van der Waals surface area contributed by atoms with Crippen LogP contribution in [0.5, 0.6) is 5.75 Å². The number of hydrogen-bond donors (Lipinski definition) is 1. The van der Waals surface area contributed by atoms with Crippen molar-refractivity contribution in [1.82, 2.24) is 0 Å². The molecule has 0 aromatic heterocycles. The number of nitrogens with zero attached hydrogens (tertiary/aromatic N) is 1. The summed E-state index contributed by atoms with van der Waals surface area (Å²) in [5.41, 5.74) is 3.65. The molecular formula is C16H23NO. The number of benzene rings is 1. The normalized spacial score (nSPS) is 9.78. The van der Waals surface area contributed by atoms with Crippen LogP contribution in [0, 0.1) is 0 Å². The molecule has 0 aliphatic rings. The second kappa shape index (κ2) is 6.90. The van der Waals surface area contributed by atoms with Gasteiger partial charge >= 0.3 is 0 Å². The molecule has 0 spiro atoms. The van der Waals surface area contributed by atoms with Gasteiger partial charge in [-0.15, -0.1) is 0 Å². The summed E-state index contributed by atoms with van der Waals surface area (Å²) >= 11 is 0. The standard InChI is InChI=1S/C16H23NO/c1-13(2)8-10-17(11-9-14(3)4)15-6-5-7-16(18)12-15/h5-9,12,18H,10-11H2,1-4H3. The quantitative estimate of drug-likeness (QED) is 0.788. The number of phenols is 1. The van der Waals surface area contributed by atoms with Crippen LogP contribution in [0.15, 0.2) is 47.6 Å². The Morgan fingerprint density at radius 2 is 1.61 bits per heavy atom. The first-order chi connectivity index (χ1) is 8.49. The van der Waals surface area contributed by atoms with Gasteiger partial charge < -0.3 is 10.0 Å². The molecule has 0 saturated carbocycles. The summed E-state index contributed by atoms with van der Waals surface area (Å²) in [6.07, 6.45) is 4.39. The van der Waals surface area contributed by atoms with E-state index < -0.39 is 0 Å². The second-order valence-electron chi connectivity index (χ2n) is 4.99. The molecule has 18 heavy (non-hydrogen) atoms. The van der Waals surface area contributed by atoms with E-state index in [-0.39, 0.29) is 0 Å². The Kier molecular flexibility index (Phi) is 5.50. The van der Waals surface area contributed by atoms with E-state index in [0.29, 0.717) is 5.75 Å². The Hall–Kier alpha value is -1.70. The Morgan fingerprint density at radius 1 is 1.06 bits per heavy atom. The van der Waals surface area contributed by atoms with Crippen molar-refractivity contribution in [2.24, 2.45) is 0 Å². The van der Waals surface area contributed by atoms with Gasteiger partial charge in [0.2, 0.25) is 0 Å². The van der Waals surface area contributed by atoms with Crippen molar-refractivity contribution in [3.05, 3.63) is 47.6 Å². The topological polar surface area (TPSA) is 23.5 Å². The van der Waals surface area contributed by atoms with E-state index in [4.69, 9.17) is 0 Å². The summed E-state index contributed by atoms with van der Waals surface area (Å²) in [5.74, 6) is 0.312. The summed E-state index contributed by atoms with van der Waals surface area (Å²) in [4.78, 5) is 2.24. The third-order valence-corrected chi connectivity index (χ3v) is 2.63. The Labute approximate surface area is 110 Å². The molecule has 2 heteroatoms. The fourth-order valence-electron chi connectivity index (χ4n) is 1.56. The van der Waals surface area contributed by atoms with Crippen molar-refractivity contribution in [2.75, 3.05) is 18.0 Å². The first-order valence-corrected chi connectivity index (χ1v) is 6.29. The largest absolute Gasteiger partial charge is 0.508 e. The van der Waals surface area contributed by atoms with Crippen LogP contribution in [0.1, 0.15) is 27.7 Å². The van der Waals surface area contributed by atoms with Gasteiger partial charge in [-0.3, -0.25) is 0 Å². The average Bonchev–Trinajstić information content (AvgIpc) is 2.28. The molecule has 98 valence electrons. The molecule has 1 aromatic rings. The maximum atomic E-state index is 9.56. The van der Waals surface area contributed by atoms with Crippen LogP contribution in [0.25, 0.3) is 0 Å². The van der Waals surface area contributed by atoms with E-state index in [1.54, 1.807) is 12.1 Å². The number of hydrogen-bond acceptors (Lipinski definition) is 2. The van der Waals surface area contributed by atoms with Gasteiger partial charge in [0.15, 0.2) is 0 Å². The minimum atomic E-state index is 0.312. The van der Waals surface area contributed by atoms with Gasteiger partial charge in [-0.05, 0) is 39.8 Å². The van der Waals surface area contributed by atoms with Crippen LogP contribution in [0.3, 0.4) is 0 Å². The van der Waals surface area contributed by atoms with E-state index in [2.05, 4.69) is 44.7 Å². The van der Waals surface area contributed by atoms with Gasteiger partial charge in [-0.2, -0.15) is 0 Å². The molecule has 0 aliphatic carbocycles. The molecule has 1 N–H and O–H groups in total. The number of aromatic hydroxyl groups is 1. The predicted octanol–water partition coefficient (Wildman–Crippen LogP) is 4.13. The van der Waals surface area contributed by atoms with Crippen molar-refractivity contribution < 1.29 is 5.11 Å². The van der Waals surface area contributed by atoms with Crippen molar-refractivity contribution in [3.63, 3.8) is 0 Å². The van der Waals surface area contributed by atoms with E-state index >= 15 is 0 Å². The molecule has 2 nitrogen and oxygen atoms in total. The average molecular weight is 245 g/mol. The molecule has 0 heterocycles. The lowest BCUT2D eigenvalue weighted by Gasteiger charge is -2.22. The molecule has 0 aliphatic heterocycles. The summed E-state index contributed by atoms with van der Waals surface area (Å²) in [6.45, 7) is 10.1. The lowest BCUT2D eigenvalue weighted by atomic mass is 10.2. The highest BCUT2D eigenvalue weighted by Gasteiger charge is 2.04. The zero-order valence-electron chi connectivity index (χ0n) is 11.8. The number of anilines is 1. The molecule has 0 unspecified atom stereocenters. The molecule has 0 saturated heterocycles. The first kappa shape index (κ1) is 14.4. The fourth-order valence-corrected chi connectivity index (χ4v) is 1.56. The lowest BCUT2D eigenvalue weighted by Crippen LogP contribution is -2.23. The Morgan fingerprint density at radius 3 is 2.06 bits per heavy atom. The van der Waals surface area contributed by atoms with Crippen LogP contribution in [-0.4, -0.2) is 18.2 Å². The van der Waals surface area contributed by atoms with E-state index in [1.807, 2.05) is 12.1 Å². The van der Waals surface area contributed by atoms with Crippen LogP contribution in [0.2, 0.25) is 0 Å². The molecular weight excluding hydrogens is 222 g/mol. The van der Waals surface area contributed by atoms with Crippen LogP contribution >= 0.6 is 0 Å². The third kappa shape index (κ3) is 5.09. The molecule has 0 radical (unpaired) electrons. The van der Waals surface area contributed by atoms with Gasteiger partial charge in [0.25, 0.3) is 0 Å². The SMILES string of the molecule is CC(C)=CCN(CC=C(C)C)c1cccc(O)c1. The molecule has 1 rings (SSSR count). The highest BCUT2D eigenvalue weighted by atomic mass is 16.3. The Balaban J connectivity index is 2.89. The number of rotatable bonds is 5. The van der Waals surface area contributed by atoms with E-state index in [0.717, 1.165) is 18.8 Å². The molecule has 0 amide bonds. The molecule has 1 aromatic carbocycles. The molecule has 0 bridgehead atoms. The lowest BCUT2D eigenvalue weighted by molar-refractivity contribution is 0.475. The monoisotopic (exact) mass is 245 g/mol. The van der Waals surface area contributed by atoms with Gasteiger partial charge in [-0.25, -0.2) is 0 Å². The van der Waals surface area contributed by atoms with Crippen LogP contribution in [0.4, 0.5) is 5.69 Å². The van der Waals surface area contributed by atoms with Crippen molar-refractivity contribution >= 4 is 5.69 Å². The van der Waals surface area contributed by atoms with Crippen molar-refractivity contribution in [1.29, 1.82) is 0 Å². The smallest absolute Gasteiger partial charge is 0.117 e. The highest BCUT2D eigenvalue weighted by molar-refractivity contribution is 5.51. The van der Waals surface area contributed by atoms with Crippen molar-refractivity contribution in [2.45, 2.75) is 27.7 Å². The van der Waals surface area contributed by atoms with Crippen molar-refractivity contribution in [3.8, 4) is 5.75 Å². The minimum Gasteiger partial charge on any atom is -0.508 e. The summed E-state index contributed by atoms with van der Waals surface area (Å²) in [7, 11) is 0. The second-order valence-corrected chi connectivity index (χ2v) is 4.99. The maximum absolute atomic E-state index is 9.56. The van der Waals surface area contributed by atoms with Crippen LogP contribution in [-0.2, 0) is 0 Å². The summed E-state index contributed by atoms with van der Waals surface area (Å²) in [6, 6.07) is 7.40. The maximum Gasteiger partial charge on any atom is 0.117 e. The summed E-state index contributed by atoms with van der Waals surface area (Å²) < 4.78 is 0. The van der Waals surface area contributed by atoms with Gasteiger partial charge in [0.05, 0.1) is 0 Å². The number of allylic oxidation sites excluding steroid dienone is 2. The molecule has 0 atom stereocenters. The van der Waals surface area contributed by atoms with Crippen LogP contribution < -0.4 is 4.90 Å². The summed E-state index contributed by atoms with van der Waals surface area (Å²) in [5, 5.41) is 9.56. The zero-order valence-corrected chi connectivity index (χ0v) is 11.8. The zero-order chi connectivity index (χ0) is 13.5. The minimum absolute atomic E-state index is 0.312. The fraction of sp³-hybridized carbons (Fsp3) is 0.375. The molecule has 0 fully saturated rings.